The second-order valence-corrected chi connectivity index (χ2v) is 5.73. The van der Waals surface area contributed by atoms with Crippen molar-refractivity contribution in [3.63, 3.8) is 0 Å². The number of ether oxygens (including phenoxy) is 1. The molecular weight excluding hydrogens is 242 g/mol. The number of aromatic amines is 1. The number of hydrogen-bond acceptors (Lipinski definition) is 4. The van der Waals surface area contributed by atoms with Crippen LogP contribution in [0.3, 0.4) is 0 Å². The molecule has 1 saturated heterocycles. The van der Waals surface area contributed by atoms with E-state index in [-0.39, 0.29) is 23.7 Å². The summed E-state index contributed by atoms with van der Waals surface area (Å²) < 4.78 is 5.71. The Morgan fingerprint density at radius 3 is 2.63 bits per heavy atom. The lowest BCUT2D eigenvalue weighted by Crippen LogP contribution is -2.45. The van der Waals surface area contributed by atoms with Crippen LogP contribution in [0.25, 0.3) is 0 Å². The molecule has 0 aliphatic carbocycles. The molecule has 0 aromatic carbocycles. The average molecular weight is 265 g/mol. The summed E-state index contributed by atoms with van der Waals surface area (Å²) in [5.74, 6) is 0.993. The molecule has 1 aromatic heterocycles. The first kappa shape index (κ1) is 14.2. The molecule has 0 unspecified atom stereocenters. The maximum absolute atomic E-state index is 11.6. The first-order chi connectivity index (χ1) is 8.94. The van der Waals surface area contributed by atoms with Crippen molar-refractivity contribution in [1.82, 2.24) is 14.9 Å². The standard InChI is InChI=1S/C14H23N3O2/c1-9(2)14-15-12(5-13(18)16-14)8-17-6-10(3)19-11(4)7-17/h5,9-11H,6-8H2,1-4H3,(H,15,16,18)/t10-,11-/m0/s1. The first-order valence-corrected chi connectivity index (χ1v) is 6.92. The molecule has 2 rings (SSSR count). The first-order valence-electron chi connectivity index (χ1n) is 6.92. The Bertz CT molecular complexity index is 474. The van der Waals surface area contributed by atoms with E-state index in [1.54, 1.807) is 6.07 Å². The molecule has 1 fully saturated rings. The lowest BCUT2D eigenvalue weighted by molar-refractivity contribution is -0.0708. The van der Waals surface area contributed by atoms with Crippen LogP contribution in [0.2, 0.25) is 0 Å². The molecule has 2 atom stereocenters. The van der Waals surface area contributed by atoms with Crippen LogP contribution in [0, 0.1) is 0 Å². The van der Waals surface area contributed by atoms with Crippen LogP contribution in [0.1, 0.15) is 45.1 Å². The fourth-order valence-corrected chi connectivity index (χ4v) is 2.53. The SMILES string of the molecule is CC(C)c1nc(CN2C[C@H](C)O[C@@H](C)C2)cc(=O)[nH]1. The van der Waals surface area contributed by atoms with E-state index in [4.69, 9.17) is 4.74 Å². The predicted octanol–water partition coefficient (Wildman–Crippen LogP) is 1.50. The van der Waals surface area contributed by atoms with Gasteiger partial charge in [-0.05, 0) is 13.8 Å². The third kappa shape index (κ3) is 3.88. The maximum Gasteiger partial charge on any atom is 0.251 e. The molecule has 5 heteroatoms. The zero-order valence-electron chi connectivity index (χ0n) is 12.1. The molecule has 0 spiro atoms. The van der Waals surface area contributed by atoms with E-state index in [0.29, 0.717) is 6.54 Å². The predicted molar refractivity (Wildman–Crippen MR) is 74.2 cm³/mol. The smallest absolute Gasteiger partial charge is 0.251 e. The van der Waals surface area contributed by atoms with Gasteiger partial charge in [0.1, 0.15) is 5.82 Å². The van der Waals surface area contributed by atoms with Gasteiger partial charge in [-0.3, -0.25) is 9.69 Å². The summed E-state index contributed by atoms with van der Waals surface area (Å²) in [5.41, 5.74) is 0.775. The fourth-order valence-electron chi connectivity index (χ4n) is 2.53. The number of aromatic nitrogens is 2. The molecule has 2 heterocycles. The van der Waals surface area contributed by atoms with E-state index >= 15 is 0 Å². The van der Waals surface area contributed by atoms with Gasteiger partial charge in [-0.1, -0.05) is 13.8 Å². The molecule has 0 bridgehead atoms. The number of H-pyrrole nitrogens is 1. The van der Waals surface area contributed by atoms with E-state index in [2.05, 4.69) is 28.7 Å². The van der Waals surface area contributed by atoms with Crippen LogP contribution in [0.15, 0.2) is 10.9 Å². The molecule has 0 radical (unpaired) electrons. The van der Waals surface area contributed by atoms with Crippen LogP contribution in [0.5, 0.6) is 0 Å². The van der Waals surface area contributed by atoms with E-state index in [0.717, 1.165) is 24.6 Å². The summed E-state index contributed by atoms with van der Waals surface area (Å²) in [7, 11) is 0. The van der Waals surface area contributed by atoms with Gasteiger partial charge in [-0.15, -0.1) is 0 Å². The Morgan fingerprint density at radius 2 is 2.05 bits per heavy atom. The van der Waals surface area contributed by atoms with E-state index in [9.17, 15) is 4.79 Å². The minimum absolute atomic E-state index is 0.0666. The number of nitrogens with zero attached hydrogens (tertiary/aromatic N) is 2. The molecule has 1 N–H and O–H groups in total. The van der Waals surface area contributed by atoms with Crippen molar-refractivity contribution in [2.24, 2.45) is 0 Å². The second kappa shape index (κ2) is 5.84. The summed E-state index contributed by atoms with van der Waals surface area (Å²) in [4.78, 5) is 21.3. The van der Waals surface area contributed by atoms with Gasteiger partial charge in [-0.2, -0.15) is 0 Å². The van der Waals surface area contributed by atoms with E-state index < -0.39 is 0 Å². The summed E-state index contributed by atoms with van der Waals surface area (Å²) >= 11 is 0. The van der Waals surface area contributed by atoms with Gasteiger partial charge < -0.3 is 9.72 Å². The zero-order chi connectivity index (χ0) is 14.0. The third-order valence-electron chi connectivity index (χ3n) is 3.24. The Morgan fingerprint density at radius 1 is 1.42 bits per heavy atom. The maximum atomic E-state index is 11.6. The summed E-state index contributed by atoms with van der Waals surface area (Å²) in [6.07, 6.45) is 0.464. The highest BCUT2D eigenvalue weighted by Crippen LogP contribution is 2.13. The van der Waals surface area contributed by atoms with Gasteiger partial charge in [0.15, 0.2) is 0 Å². The highest BCUT2D eigenvalue weighted by atomic mass is 16.5. The van der Waals surface area contributed by atoms with Crippen LogP contribution in [-0.4, -0.2) is 40.2 Å². The molecule has 19 heavy (non-hydrogen) atoms. The monoisotopic (exact) mass is 265 g/mol. The molecule has 0 saturated carbocycles. The number of nitrogens with one attached hydrogen (secondary N) is 1. The van der Waals surface area contributed by atoms with Crippen molar-refractivity contribution >= 4 is 0 Å². The van der Waals surface area contributed by atoms with Crippen LogP contribution in [-0.2, 0) is 11.3 Å². The van der Waals surface area contributed by atoms with Gasteiger partial charge >= 0.3 is 0 Å². The quantitative estimate of drug-likeness (QED) is 0.900. The molecular formula is C14H23N3O2. The van der Waals surface area contributed by atoms with Crippen molar-refractivity contribution in [1.29, 1.82) is 0 Å². The molecule has 1 aromatic rings. The van der Waals surface area contributed by atoms with Gasteiger partial charge in [0.25, 0.3) is 5.56 Å². The normalized spacial score (nSPS) is 24.9. The molecule has 106 valence electrons. The summed E-state index contributed by atoms with van der Waals surface area (Å²) in [6.45, 7) is 10.7. The van der Waals surface area contributed by atoms with Crippen LogP contribution >= 0.6 is 0 Å². The van der Waals surface area contributed by atoms with Crippen molar-refractivity contribution in [2.45, 2.75) is 52.4 Å². The third-order valence-corrected chi connectivity index (χ3v) is 3.24. The van der Waals surface area contributed by atoms with E-state index in [1.165, 1.54) is 0 Å². The van der Waals surface area contributed by atoms with Crippen molar-refractivity contribution in [3.8, 4) is 0 Å². The van der Waals surface area contributed by atoms with Gasteiger partial charge in [-0.25, -0.2) is 4.98 Å². The van der Waals surface area contributed by atoms with Crippen LogP contribution < -0.4 is 5.56 Å². The Balaban J connectivity index is 2.12. The molecule has 1 aliphatic heterocycles. The molecule has 0 amide bonds. The van der Waals surface area contributed by atoms with Gasteiger partial charge in [0.2, 0.25) is 0 Å². The summed E-state index contributed by atoms with van der Waals surface area (Å²) in [6, 6.07) is 1.59. The van der Waals surface area contributed by atoms with Crippen LogP contribution in [0.4, 0.5) is 0 Å². The van der Waals surface area contributed by atoms with Gasteiger partial charge in [0, 0.05) is 31.6 Å². The number of hydrogen-bond donors (Lipinski definition) is 1. The highest BCUT2D eigenvalue weighted by molar-refractivity contribution is 5.05. The molecule has 1 aliphatic rings. The lowest BCUT2D eigenvalue weighted by Gasteiger charge is -2.35. The Hall–Kier alpha value is -1.20. The minimum atomic E-state index is -0.0666. The minimum Gasteiger partial charge on any atom is -0.373 e. The lowest BCUT2D eigenvalue weighted by atomic mass is 10.2. The molecule has 5 nitrogen and oxygen atoms in total. The summed E-state index contributed by atoms with van der Waals surface area (Å²) in [5, 5.41) is 0. The van der Waals surface area contributed by atoms with Crippen molar-refractivity contribution < 1.29 is 4.74 Å². The largest absolute Gasteiger partial charge is 0.373 e. The number of rotatable bonds is 3. The van der Waals surface area contributed by atoms with E-state index in [1.807, 2.05) is 13.8 Å². The van der Waals surface area contributed by atoms with Crippen molar-refractivity contribution in [2.75, 3.05) is 13.1 Å². The van der Waals surface area contributed by atoms with Crippen molar-refractivity contribution in [3.05, 3.63) is 27.9 Å². The Kier molecular flexibility index (Phi) is 4.37. The second-order valence-electron chi connectivity index (χ2n) is 5.73. The fraction of sp³-hybridized carbons (Fsp3) is 0.714. The topological polar surface area (TPSA) is 58.2 Å². The number of morpholine rings is 1. The van der Waals surface area contributed by atoms with Gasteiger partial charge in [0.05, 0.1) is 17.9 Å². The Labute approximate surface area is 114 Å². The highest BCUT2D eigenvalue weighted by Gasteiger charge is 2.22. The average Bonchev–Trinajstić information content (AvgIpc) is 2.26. The zero-order valence-corrected chi connectivity index (χ0v) is 12.1.